The third-order valence-electron chi connectivity index (χ3n) is 9.28. The highest BCUT2D eigenvalue weighted by Crippen LogP contribution is 2.27. The molecule has 4 rings (SSSR count). The lowest BCUT2D eigenvalue weighted by Crippen LogP contribution is -2.59. The molecule has 1 saturated heterocycles. The van der Waals surface area contributed by atoms with Crippen LogP contribution in [0, 0.1) is 11.8 Å². The van der Waals surface area contributed by atoms with Crippen molar-refractivity contribution in [1.29, 1.82) is 0 Å². The molecule has 47 heavy (non-hydrogen) atoms. The molecule has 0 aromatic heterocycles. The molecule has 5 amide bonds. The van der Waals surface area contributed by atoms with Gasteiger partial charge in [-0.2, -0.15) is 0 Å². The van der Waals surface area contributed by atoms with Gasteiger partial charge in [-0.25, -0.2) is 0 Å². The van der Waals surface area contributed by atoms with E-state index in [4.69, 9.17) is 0 Å². The number of amides is 5. The average Bonchev–Trinajstić information content (AvgIpc) is 3.07. The SMILES string of the molecule is CC(C)[C@@H]1NC(=O)[C@H](CC2CCCCC2)NC(=O)[C@H](CO)NC(=O)[C@H](Cc2ccccc2)NC(=O)[C@@H](Cc2ccccc2)N(C)C1=O. The van der Waals surface area contributed by atoms with E-state index in [1.54, 1.807) is 0 Å². The van der Waals surface area contributed by atoms with Gasteiger partial charge in [0.1, 0.15) is 30.2 Å². The van der Waals surface area contributed by atoms with Crippen LogP contribution in [0.4, 0.5) is 0 Å². The first-order valence-electron chi connectivity index (χ1n) is 16.7. The van der Waals surface area contributed by atoms with Crippen molar-refractivity contribution in [2.75, 3.05) is 13.7 Å². The maximum Gasteiger partial charge on any atom is 0.245 e. The van der Waals surface area contributed by atoms with Crippen molar-refractivity contribution in [3.05, 3.63) is 71.8 Å². The Labute approximate surface area is 277 Å². The van der Waals surface area contributed by atoms with Crippen molar-refractivity contribution >= 4 is 29.5 Å². The Morgan fingerprint density at radius 3 is 1.77 bits per heavy atom. The second kappa shape index (κ2) is 17.1. The van der Waals surface area contributed by atoms with Crippen molar-refractivity contribution in [2.24, 2.45) is 11.8 Å². The number of carbonyl (C=O) groups is 5. The van der Waals surface area contributed by atoms with Crippen molar-refractivity contribution < 1.29 is 29.1 Å². The molecule has 1 saturated carbocycles. The highest BCUT2D eigenvalue weighted by Gasteiger charge is 2.38. The second-order valence-electron chi connectivity index (χ2n) is 13.2. The van der Waals surface area contributed by atoms with E-state index in [0.717, 1.165) is 43.2 Å². The summed E-state index contributed by atoms with van der Waals surface area (Å²) in [6, 6.07) is 12.9. The van der Waals surface area contributed by atoms with E-state index in [-0.39, 0.29) is 24.7 Å². The van der Waals surface area contributed by atoms with Gasteiger partial charge < -0.3 is 31.3 Å². The van der Waals surface area contributed by atoms with E-state index < -0.39 is 66.4 Å². The van der Waals surface area contributed by atoms with Gasteiger partial charge in [-0.1, -0.05) is 107 Å². The number of rotatable bonds is 8. The topological polar surface area (TPSA) is 157 Å². The Bertz CT molecular complexity index is 1360. The molecule has 0 unspecified atom stereocenters. The summed E-state index contributed by atoms with van der Waals surface area (Å²) in [5.74, 6) is -3.07. The fraction of sp³-hybridized carbons (Fsp3) is 0.528. The number of nitrogens with zero attached hydrogens (tertiary/aromatic N) is 1. The van der Waals surface area contributed by atoms with E-state index in [9.17, 15) is 29.1 Å². The number of likely N-dealkylation sites (N-methyl/N-ethyl adjacent to an activating group) is 1. The minimum atomic E-state index is -1.37. The van der Waals surface area contributed by atoms with E-state index in [1.165, 1.54) is 11.9 Å². The molecule has 5 atom stereocenters. The van der Waals surface area contributed by atoms with Crippen LogP contribution in [0.1, 0.15) is 63.5 Å². The van der Waals surface area contributed by atoms with Gasteiger partial charge in [0, 0.05) is 19.9 Å². The summed E-state index contributed by atoms with van der Waals surface area (Å²) in [6.45, 7) is 2.91. The predicted molar refractivity (Wildman–Crippen MR) is 178 cm³/mol. The molecule has 0 radical (unpaired) electrons. The van der Waals surface area contributed by atoms with Crippen LogP contribution in [0.2, 0.25) is 0 Å². The maximum atomic E-state index is 14.1. The van der Waals surface area contributed by atoms with Gasteiger partial charge in [0.2, 0.25) is 29.5 Å². The van der Waals surface area contributed by atoms with Crippen LogP contribution >= 0.6 is 0 Å². The summed E-state index contributed by atoms with van der Waals surface area (Å²) in [5.41, 5.74) is 1.57. The van der Waals surface area contributed by atoms with Crippen LogP contribution in [-0.4, -0.2) is 83.4 Å². The monoisotopic (exact) mass is 647 g/mol. The van der Waals surface area contributed by atoms with Crippen molar-refractivity contribution in [3.63, 3.8) is 0 Å². The summed E-state index contributed by atoms with van der Waals surface area (Å²) in [5, 5.41) is 21.3. The van der Waals surface area contributed by atoms with E-state index >= 15 is 0 Å². The smallest absolute Gasteiger partial charge is 0.245 e. The van der Waals surface area contributed by atoms with Gasteiger partial charge >= 0.3 is 0 Å². The van der Waals surface area contributed by atoms with Gasteiger partial charge in [0.15, 0.2) is 0 Å². The molecular weight excluding hydrogens is 598 g/mol. The summed E-state index contributed by atoms with van der Waals surface area (Å²) < 4.78 is 0. The minimum Gasteiger partial charge on any atom is -0.394 e. The molecule has 2 fully saturated rings. The normalized spacial score (nSPS) is 25.7. The predicted octanol–water partition coefficient (Wildman–Crippen LogP) is 1.87. The highest BCUT2D eigenvalue weighted by atomic mass is 16.3. The zero-order chi connectivity index (χ0) is 33.9. The van der Waals surface area contributed by atoms with Crippen LogP contribution in [0.25, 0.3) is 0 Å². The lowest BCUT2D eigenvalue weighted by molar-refractivity contribution is -0.143. The van der Waals surface area contributed by atoms with E-state index in [1.807, 2.05) is 74.5 Å². The summed E-state index contributed by atoms with van der Waals surface area (Å²) in [6.07, 6.45) is 5.67. The molecule has 0 spiro atoms. The number of aliphatic hydroxyl groups is 1. The largest absolute Gasteiger partial charge is 0.394 e. The second-order valence-corrected chi connectivity index (χ2v) is 13.2. The molecule has 254 valence electrons. The Balaban J connectivity index is 1.74. The molecule has 2 aromatic rings. The van der Waals surface area contributed by atoms with Crippen LogP contribution in [-0.2, 0) is 36.8 Å². The molecule has 1 aliphatic heterocycles. The Morgan fingerprint density at radius 2 is 1.19 bits per heavy atom. The van der Waals surface area contributed by atoms with Crippen LogP contribution in [0.5, 0.6) is 0 Å². The molecule has 0 bridgehead atoms. The molecule has 1 heterocycles. The summed E-state index contributed by atoms with van der Waals surface area (Å²) in [7, 11) is 1.53. The number of carbonyl (C=O) groups excluding carboxylic acids is 5. The number of hydrogen-bond acceptors (Lipinski definition) is 6. The van der Waals surface area contributed by atoms with Gasteiger partial charge in [0.25, 0.3) is 0 Å². The standard InChI is InChI=1S/C36H49N5O6/c1-23(2)31-36(47)41(3)30(21-26-17-11-6-12-18-26)35(46)38-27(19-24-13-7-4-8-14-24)32(43)39-29(22-42)34(45)37-28(33(44)40-31)20-25-15-9-5-10-16-25/h4,6-8,11-14,17-18,23,25,27-31,42H,5,9-10,15-16,19-22H2,1-3H3,(H,37,45)(H,38,46)(H,39,43)(H,40,44)/t27-,28-,29-,30+,31-/m0/s1. The number of benzene rings is 2. The molecule has 11 heteroatoms. The maximum absolute atomic E-state index is 14.1. The molecule has 2 aliphatic rings. The quantitative estimate of drug-likeness (QED) is 0.295. The van der Waals surface area contributed by atoms with Crippen LogP contribution in [0.15, 0.2) is 60.7 Å². The Morgan fingerprint density at radius 1 is 0.681 bits per heavy atom. The fourth-order valence-electron chi connectivity index (χ4n) is 6.44. The summed E-state index contributed by atoms with van der Waals surface area (Å²) >= 11 is 0. The molecular formula is C36H49N5O6. The van der Waals surface area contributed by atoms with E-state index in [2.05, 4.69) is 21.3 Å². The zero-order valence-corrected chi connectivity index (χ0v) is 27.6. The Kier molecular flexibility index (Phi) is 12.9. The average molecular weight is 648 g/mol. The molecule has 1 aliphatic carbocycles. The third kappa shape index (κ3) is 9.87. The number of aliphatic hydroxyl groups excluding tert-OH is 1. The van der Waals surface area contributed by atoms with Gasteiger partial charge in [-0.15, -0.1) is 0 Å². The molecule has 2 aromatic carbocycles. The summed E-state index contributed by atoms with van der Waals surface area (Å²) in [4.78, 5) is 70.7. The molecule has 5 N–H and O–H groups in total. The third-order valence-corrected chi connectivity index (χ3v) is 9.28. The highest BCUT2D eigenvalue weighted by molar-refractivity contribution is 5.98. The van der Waals surface area contributed by atoms with Crippen LogP contribution < -0.4 is 21.3 Å². The van der Waals surface area contributed by atoms with Crippen molar-refractivity contribution in [1.82, 2.24) is 26.2 Å². The van der Waals surface area contributed by atoms with Crippen molar-refractivity contribution in [2.45, 2.75) is 95.4 Å². The van der Waals surface area contributed by atoms with Crippen LogP contribution in [0.3, 0.4) is 0 Å². The lowest BCUT2D eigenvalue weighted by atomic mass is 9.84. The number of hydrogen-bond donors (Lipinski definition) is 5. The van der Waals surface area contributed by atoms with E-state index in [0.29, 0.717) is 6.42 Å². The lowest BCUT2D eigenvalue weighted by Gasteiger charge is -2.34. The number of nitrogens with one attached hydrogen (secondary N) is 4. The van der Waals surface area contributed by atoms with Crippen molar-refractivity contribution in [3.8, 4) is 0 Å². The van der Waals surface area contributed by atoms with Gasteiger partial charge in [-0.05, 0) is 29.4 Å². The first kappa shape index (κ1) is 35.6. The first-order chi connectivity index (χ1) is 22.6. The molecule has 11 nitrogen and oxygen atoms in total. The van der Waals surface area contributed by atoms with Gasteiger partial charge in [-0.3, -0.25) is 24.0 Å². The Hall–Kier alpha value is -4.25. The first-order valence-corrected chi connectivity index (χ1v) is 16.7. The fourth-order valence-corrected chi connectivity index (χ4v) is 6.44. The van der Waals surface area contributed by atoms with Gasteiger partial charge in [0.05, 0.1) is 6.61 Å². The zero-order valence-electron chi connectivity index (χ0n) is 27.6. The minimum absolute atomic E-state index is 0.104.